The molecule has 0 aliphatic rings. The van der Waals surface area contributed by atoms with Crippen LogP contribution in [-0.2, 0) is 60.2 Å². The predicted octanol–water partition coefficient (Wildman–Crippen LogP) is 16.9. The minimum Gasteiger partial charge on any atom is -0.201 e. The van der Waals surface area contributed by atoms with Crippen LogP contribution in [0.15, 0.2) is 146 Å². The van der Waals surface area contributed by atoms with Gasteiger partial charge in [0.2, 0.25) is 22.8 Å². The summed E-state index contributed by atoms with van der Waals surface area (Å²) in [5.74, 6) is 0.825. The quantitative estimate of drug-likeness (QED) is 0.0965. The van der Waals surface area contributed by atoms with Crippen molar-refractivity contribution in [3.05, 3.63) is 213 Å². The Morgan fingerprint density at radius 2 is 0.696 bits per heavy atom. The first-order chi connectivity index (χ1) is 39.6. The van der Waals surface area contributed by atoms with E-state index in [1.165, 1.54) is 67.0 Å². The Bertz CT molecular complexity index is 3550. The molecule has 4 nitrogen and oxygen atoms in total. The molecular weight excluding hydrogens is 957 g/mol. The van der Waals surface area contributed by atoms with Crippen LogP contribution in [0.3, 0.4) is 0 Å². The molecule has 0 radical (unpaired) electrons. The van der Waals surface area contributed by atoms with Crippen molar-refractivity contribution in [2.75, 3.05) is 0 Å². The molecule has 4 heterocycles. The van der Waals surface area contributed by atoms with Crippen molar-refractivity contribution >= 4 is 0 Å². The second-order valence-corrected chi connectivity index (χ2v) is 23.8. The third-order valence-electron chi connectivity index (χ3n) is 14.1. The van der Waals surface area contributed by atoms with E-state index in [0.29, 0.717) is 23.0 Å². The molecule has 8 aromatic rings. The molecule has 0 saturated heterocycles. The number of benzene rings is 4. The molecule has 0 N–H and O–H groups in total. The highest BCUT2D eigenvalue weighted by atomic mass is 14.9. The van der Waals surface area contributed by atoms with Gasteiger partial charge in [-0.2, -0.15) is 0 Å². The van der Waals surface area contributed by atoms with Crippen LogP contribution in [0.5, 0.6) is 0 Å². The molecule has 0 bridgehead atoms. The van der Waals surface area contributed by atoms with Crippen LogP contribution in [0.2, 0.25) is 0 Å². The zero-order chi connectivity index (χ0) is 63.6. The predicted molar refractivity (Wildman–Crippen MR) is 338 cm³/mol. The normalized spacial score (nSPS) is 12.8. The van der Waals surface area contributed by atoms with Crippen LogP contribution in [0.4, 0.5) is 0 Å². The lowest BCUT2D eigenvalue weighted by atomic mass is 9.92. The van der Waals surface area contributed by atoms with Gasteiger partial charge < -0.3 is 0 Å². The van der Waals surface area contributed by atoms with Gasteiger partial charge in [-0.15, -0.1) is 0 Å². The van der Waals surface area contributed by atoms with Crippen LogP contribution in [0.1, 0.15) is 144 Å². The van der Waals surface area contributed by atoms with E-state index < -0.39 is 19.1 Å². The van der Waals surface area contributed by atoms with E-state index in [2.05, 4.69) is 177 Å². The Hall–Kier alpha value is -6.52. The monoisotopic (exact) mass is 1060 g/mol. The van der Waals surface area contributed by atoms with Crippen LogP contribution in [0, 0.1) is 78.1 Å². The third-order valence-corrected chi connectivity index (χ3v) is 14.1. The second-order valence-electron chi connectivity index (χ2n) is 23.8. The molecular formula is C75H102N4+4. The van der Waals surface area contributed by atoms with Crippen molar-refractivity contribution in [2.24, 2.45) is 57.8 Å². The molecule has 0 amide bonds. The number of aromatic nitrogens is 4. The molecule has 0 fully saturated rings. The molecule has 8 rings (SSSR count). The van der Waals surface area contributed by atoms with E-state index in [0.717, 1.165) is 46.5 Å². The second kappa shape index (κ2) is 29.6. The summed E-state index contributed by atoms with van der Waals surface area (Å²) in [6.45, 7) is 35.1. The molecule has 79 heavy (non-hydrogen) atoms. The van der Waals surface area contributed by atoms with E-state index in [9.17, 15) is 0 Å². The van der Waals surface area contributed by atoms with Gasteiger partial charge in [-0.3, -0.25) is 0 Å². The number of hydrogen-bond acceptors (Lipinski definition) is 0. The lowest BCUT2D eigenvalue weighted by molar-refractivity contribution is -0.661. The molecule has 4 aromatic carbocycles. The summed E-state index contributed by atoms with van der Waals surface area (Å²) in [5, 5.41) is 0. The zero-order valence-electron chi connectivity index (χ0n) is 58.4. The topological polar surface area (TPSA) is 15.5 Å². The van der Waals surface area contributed by atoms with Gasteiger partial charge in [-0.05, 0) is 179 Å². The SMILES string of the molecule is Cc1cc(-c2ccccc2C)[n+](C)cc1CC(C)C.Cc1ccc(-c2ccc(CC(C)C)c[n+]2C)c(C)c1.[2H]C([2H])(c1c[n+](C)c(-c2ccccc2C)cc1C)C(C)C.[2H]C([2H])(c1cc(-c2ccccc2C)[n+](C)cc1C([2H])([2H])C(C)C)C(C)C. The number of pyridine rings is 4. The summed E-state index contributed by atoms with van der Waals surface area (Å²) in [4.78, 5) is 0. The van der Waals surface area contributed by atoms with Crippen molar-refractivity contribution in [3.63, 3.8) is 0 Å². The first-order valence-electron chi connectivity index (χ1n) is 31.9. The third kappa shape index (κ3) is 18.5. The largest absolute Gasteiger partial charge is 0.212 e. The summed E-state index contributed by atoms with van der Waals surface area (Å²) in [5.41, 5.74) is 22.7. The molecule has 0 aliphatic carbocycles. The highest BCUT2D eigenvalue weighted by Crippen LogP contribution is 2.27. The summed E-state index contributed by atoms with van der Waals surface area (Å²) < 4.78 is 59.6. The Morgan fingerprint density at radius 1 is 0.316 bits per heavy atom. The molecule has 4 heteroatoms. The minimum atomic E-state index is -1.62. The van der Waals surface area contributed by atoms with Gasteiger partial charge in [-0.25, -0.2) is 18.3 Å². The lowest BCUT2D eigenvalue weighted by Gasteiger charge is -2.14. The minimum absolute atomic E-state index is 0.0551. The number of hydrogen-bond donors (Lipinski definition) is 0. The number of rotatable bonds is 14. The first kappa shape index (κ1) is 54.4. The fourth-order valence-corrected chi connectivity index (χ4v) is 10.2. The van der Waals surface area contributed by atoms with E-state index in [1.807, 2.05) is 127 Å². The van der Waals surface area contributed by atoms with E-state index >= 15 is 0 Å². The van der Waals surface area contributed by atoms with Gasteiger partial charge in [0.15, 0.2) is 24.8 Å². The Kier molecular flexibility index (Phi) is 20.4. The highest BCUT2D eigenvalue weighted by molar-refractivity contribution is 5.64. The van der Waals surface area contributed by atoms with E-state index in [4.69, 9.17) is 8.22 Å². The fourth-order valence-electron chi connectivity index (χ4n) is 10.2. The van der Waals surface area contributed by atoms with Gasteiger partial charge >= 0.3 is 0 Å². The zero-order valence-corrected chi connectivity index (χ0v) is 52.4. The smallest absolute Gasteiger partial charge is 0.201 e. The van der Waals surface area contributed by atoms with E-state index in [-0.39, 0.29) is 17.8 Å². The summed E-state index contributed by atoms with van der Waals surface area (Å²) >= 11 is 0. The highest BCUT2D eigenvalue weighted by Gasteiger charge is 2.21. The van der Waals surface area contributed by atoms with Crippen molar-refractivity contribution in [1.29, 1.82) is 0 Å². The van der Waals surface area contributed by atoms with Crippen LogP contribution < -0.4 is 18.3 Å². The maximum atomic E-state index is 8.66. The van der Waals surface area contributed by atoms with Gasteiger partial charge in [0.1, 0.15) is 28.2 Å². The van der Waals surface area contributed by atoms with E-state index in [1.54, 1.807) is 6.20 Å². The van der Waals surface area contributed by atoms with Crippen molar-refractivity contribution < 1.29 is 26.5 Å². The van der Waals surface area contributed by atoms with Crippen LogP contribution in [-0.4, -0.2) is 0 Å². The van der Waals surface area contributed by atoms with Crippen molar-refractivity contribution in [1.82, 2.24) is 0 Å². The maximum absolute atomic E-state index is 8.66. The molecule has 0 aliphatic heterocycles. The first-order valence-corrected chi connectivity index (χ1v) is 28.9. The van der Waals surface area contributed by atoms with Crippen molar-refractivity contribution in [3.8, 4) is 45.0 Å². The maximum Gasteiger partial charge on any atom is 0.212 e. The standard InChI is InChI=1S/C21H30N.3C18H24N/c1-15(2)11-18-13-21(20-10-8-7-9-17(20)5)22(6)14-19(18)12-16(3)4;1-13(2)10-16-7-9-18(19(5)12-16)17-8-6-14(3)11-15(17)4;2*1-13(2)10-16-12-19(5)18(11-15(16)4)17-9-7-6-8-14(17)3/h7-10,13-16H,11-12H2,1-6H3;3*6-9,11-13H,10H2,1-5H3/q4*+1/i11D2,12D2;;10D2;. The molecule has 0 atom stereocenters. The van der Waals surface area contributed by atoms with Gasteiger partial charge in [0.25, 0.3) is 0 Å². The van der Waals surface area contributed by atoms with Gasteiger partial charge in [0, 0.05) is 77.0 Å². The average Bonchev–Trinajstić information content (AvgIpc) is 2.50. The summed E-state index contributed by atoms with van der Waals surface area (Å²) in [6.07, 6.45) is 6.00. The molecule has 0 spiro atoms. The van der Waals surface area contributed by atoms with Crippen LogP contribution in [0.25, 0.3) is 45.0 Å². The Balaban J connectivity index is 0.000000209. The van der Waals surface area contributed by atoms with Crippen molar-refractivity contribution in [2.45, 2.75) is 150 Å². The Morgan fingerprint density at radius 3 is 1.13 bits per heavy atom. The average molecular weight is 1070 g/mol. The van der Waals surface area contributed by atoms with Gasteiger partial charge in [0.05, 0.1) is 0 Å². The van der Waals surface area contributed by atoms with Crippen LogP contribution >= 0.6 is 0 Å². The molecule has 4 aromatic heterocycles. The molecule has 0 saturated carbocycles. The number of aryl methyl sites for hydroxylation is 11. The molecule has 0 unspecified atom stereocenters. The molecule has 418 valence electrons. The summed E-state index contributed by atoms with van der Waals surface area (Å²) in [6, 6.07) is 42.3. The lowest BCUT2D eigenvalue weighted by Crippen LogP contribution is -2.32. The Labute approximate surface area is 489 Å². The van der Waals surface area contributed by atoms with Gasteiger partial charge in [-0.1, -0.05) is 142 Å². The fraction of sp³-hybridized carbons (Fsp3) is 0.413. The summed E-state index contributed by atoms with van der Waals surface area (Å²) in [7, 11) is 8.17. The number of nitrogens with zero attached hydrogens (tertiary/aromatic N) is 4.